The predicted molar refractivity (Wildman–Crippen MR) is 187 cm³/mol. The summed E-state index contributed by atoms with van der Waals surface area (Å²) in [6, 6.07) is 25.6. The van der Waals surface area contributed by atoms with Crippen molar-refractivity contribution in [2.75, 3.05) is 13.2 Å². The van der Waals surface area contributed by atoms with Gasteiger partial charge in [-0.3, -0.25) is 0 Å². The van der Waals surface area contributed by atoms with Crippen molar-refractivity contribution in [2.24, 2.45) is 0 Å². The van der Waals surface area contributed by atoms with Crippen LogP contribution < -0.4 is 9.47 Å². The van der Waals surface area contributed by atoms with E-state index in [0.29, 0.717) is 26.1 Å². The summed E-state index contributed by atoms with van der Waals surface area (Å²) in [5, 5.41) is 0. The van der Waals surface area contributed by atoms with Crippen LogP contribution in [0.1, 0.15) is 88.5 Å². The molecule has 6 heteroatoms. The van der Waals surface area contributed by atoms with Crippen molar-refractivity contribution >= 4 is 11.9 Å². The minimum Gasteiger partial charge on any atom is -0.493 e. The molecule has 2 unspecified atom stereocenters. The second-order valence-electron chi connectivity index (χ2n) is 12.2. The molecule has 0 saturated heterocycles. The van der Waals surface area contributed by atoms with E-state index >= 15 is 0 Å². The standard InChI is InChI=1S/C41H50O6/c1-5-11-37(46-39(42)13-7-3)25-27-44-35-21-17-33(18-22-35)41(29-31-15-9-10-16-32(31)30-41)34-19-23-36(24-20-34)45-28-26-38(12-6-2)47-40(43)14-8-4/h7-10,13-24,37-38H,5-6,11-12,25-30H2,1-4H3. The topological polar surface area (TPSA) is 71.1 Å². The van der Waals surface area contributed by atoms with Crippen LogP contribution in [0.4, 0.5) is 0 Å². The van der Waals surface area contributed by atoms with Crippen LogP contribution in [-0.2, 0) is 37.3 Å². The molecule has 6 nitrogen and oxygen atoms in total. The first-order chi connectivity index (χ1) is 22.9. The van der Waals surface area contributed by atoms with E-state index in [1.807, 2.05) is 24.3 Å². The number of hydrogen-bond acceptors (Lipinski definition) is 6. The highest BCUT2D eigenvalue weighted by Gasteiger charge is 2.40. The quantitative estimate of drug-likeness (QED) is 0.102. The van der Waals surface area contributed by atoms with Gasteiger partial charge in [0.2, 0.25) is 0 Å². The van der Waals surface area contributed by atoms with Crippen molar-refractivity contribution < 1.29 is 28.5 Å². The van der Waals surface area contributed by atoms with Gasteiger partial charge in [-0.05, 0) is 86.1 Å². The largest absolute Gasteiger partial charge is 0.493 e. The van der Waals surface area contributed by atoms with Gasteiger partial charge in [0.25, 0.3) is 0 Å². The molecule has 0 heterocycles. The zero-order chi connectivity index (χ0) is 33.5. The number of fused-ring (bicyclic) bond motifs is 1. The third-order valence-electron chi connectivity index (χ3n) is 8.73. The smallest absolute Gasteiger partial charge is 0.330 e. The molecular formula is C41H50O6. The summed E-state index contributed by atoms with van der Waals surface area (Å²) in [7, 11) is 0. The Morgan fingerprint density at radius 1 is 0.638 bits per heavy atom. The van der Waals surface area contributed by atoms with Crippen LogP contribution >= 0.6 is 0 Å². The summed E-state index contributed by atoms with van der Waals surface area (Å²) in [4.78, 5) is 23.9. The van der Waals surface area contributed by atoms with Gasteiger partial charge in [0.05, 0.1) is 13.2 Å². The molecule has 3 aromatic carbocycles. The molecule has 1 aliphatic carbocycles. The first-order valence-electron chi connectivity index (χ1n) is 17.1. The first-order valence-corrected chi connectivity index (χ1v) is 17.1. The molecule has 0 aromatic heterocycles. The number of ether oxygens (including phenoxy) is 4. The summed E-state index contributed by atoms with van der Waals surface area (Å²) >= 11 is 0. The van der Waals surface area contributed by atoms with Crippen molar-refractivity contribution in [3.05, 3.63) is 119 Å². The third-order valence-corrected chi connectivity index (χ3v) is 8.73. The van der Waals surface area contributed by atoms with Gasteiger partial charge in [0.1, 0.15) is 23.7 Å². The average Bonchev–Trinajstić information content (AvgIpc) is 3.47. The van der Waals surface area contributed by atoms with Crippen LogP contribution in [0.3, 0.4) is 0 Å². The fourth-order valence-electron chi connectivity index (χ4n) is 6.39. The Kier molecular flexibility index (Phi) is 13.7. The number of esters is 2. The average molecular weight is 639 g/mol. The predicted octanol–water partition coefficient (Wildman–Crippen LogP) is 8.89. The Balaban J connectivity index is 1.43. The molecule has 0 saturated carbocycles. The normalized spacial score (nSPS) is 14.9. The number of carbonyl (C=O) groups is 2. The van der Waals surface area contributed by atoms with E-state index in [2.05, 4.69) is 62.4 Å². The lowest BCUT2D eigenvalue weighted by Crippen LogP contribution is -2.28. The van der Waals surface area contributed by atoms with Crippen LogP contribution in [0.25, 0.3) is 0 Å². The zero-order valence-corrected chi connectivity index (χ0v) is 28.4. The first kappa shape index (κ1) is 35.5. The van der Waals surface area contributed by atoms with Gasteiger partial charge in [0.15, 0.2) is 0 Å². The molecule has 47 heavy (non-hydrogen) atoms. The summed E-state index contributed by atoms with van der Waals surface area (Å²) < 4.78 is 23.4. The van der Waals surface area contributed by atoms with Gasteiger partial charge in [-0.2, -0.15) is 0 Å². The Morgan fingerprint density at radius 2 is 1.04 bits per heavy atom. The third kappa shape index (κ3) is 10.1. The molecule has 4 rings (SSSR count). The highest BCUT2D eigenvalue weighted by molar-refractivity contribution is 5.82. The SMILES string of the molecule is CC=CC(=O)OC(CCC)CCOc1ccc(C2(c3ccc(OCCC(CCC)OC(=O)C=CC)cc3)Cc3ccccc3C2)cc1. The van der Waals surface area contributed by atoms with Crippen LogP contribution in [-0.4, -0.2) is 37.4 Å². The fourth-order valence-corrected chi connectivity index (χ4v) is 6.39. The van der Waals surface area contributed by atoms with Gasteiger partial charge >= 0.3 is 11.9 Å². The van der Waals surface area contributed by atoms with Crippen LogP contribution in [0, 0.1) is 0 Å². The molecule has 0 aliphatic heterocycles. The molecule has 250 valence electrons. The molecule has 0 bridgehead atoms. The monoisotopic (exact) mass is 638 g/mol. The number of benzene rings is 3. The van der Waals surface area contributed by atoms with E-state index in [9.17, 15) is 9.59 Å². The van der Waals surface area contributed by atoms with E-state index in [1.54, 1.807) is 26.0 Å². The minimum atomic E-state index is -0.304. The number of hydrogen-bond donors (Lipinski definition) is 0. The lowest BCUT2D eigenvalue weighted by molar-refractivity contribution is -0.144. The van der Waals surface area contributed by atoms with Gasteiger partial charge in [0, 0.05) is 30.4 Å². The van der Waals surface area contributed by atoms with Gasteiger partial charge in [-0.1, -0.05) is 87.4 Å². The van der Waals surface area contributed by atoms with Crippen molar-refractivity contribution in [1.82, 2.24) is 0 Å². The lowest BCUT2D eigenvalue weighted by Gasteiger charge is -2.31. The molecule has 0 amide bonds. The maximum Gasteiger partial charge on any atom is 0.330 e. The van der Waals surface area contributed by atoms with Gasteiger partial charge < -0.3 is 18.9 Å². The second kappa shape index (κ2) is 18.1. The van der Waals surface area contributed by atoms with Crippen LogP contribution in [0.15, 0.2) is 97.1 Å². The summed E-state index contributed by atoms with van der Waals surface area (Å²) in [5.41, 5.74) is 5.02. The van der Waals surface area contributed by atoms with E-state index in [4.69, 9.17) is 18.9 Å². The Bertz CT molecular complexity index is 1360. The maximum absolute atomic E-state index is 11.9. The summed E-state index contributed by atoms with van der Waals surface area (Å²) in [5.74, 6) is 0.995. The maximum atomic E-state index is 11.9. The van der Waals surface area contributed by atoms with E-state index in [1.165, 1.54) is 34.4 Å². The Morgan fingerprint density at radius 3 is 1.40 bits per heavy atom. The minimum absolute atomic E-state index is 0.159. The Labute approximate surface area is 280 Å². The summed E-state index contributed by atoms with van der Waals surface area (Å²) in [6.07, 6.45) is 12.6. The highest BCUT2D eigenvalue weighted by Crippen LogP contribution is 2.45. The van der Waals surface area contributed by atoms with E-state index < -0.39 is 0 Å². The molecule has 0 radical (unpaired) electrons. The van der Waals surface area contributed by atoms with Gasteiger partial charge in [-0.15, -0.1) is 0 Å². The van der Waals surface area contributed by atoms with Crippen molar-refractivity contribution in [1.29, 1.82) is 0 Å². The fraction of sp³-hybridized carbons (Fsp3) is 0.415. The number of rotatable bonds is 18. The van der Waals surface area contributed by atoms with E-state index in [0.717, 1.165) is 50.0 Å². The highest BCUT2D eigenvalue weighted by atomic mass is 16.5. The molecule has 0 fully saturated rings. The summed E-state index contributed by atoms with van der Waals surface area (Å²) in [6.45, 7) is 8.74. The lowest BCUT2D eigenvalue weighted by atomic mass is 9.72. The zero-order valence-electron chi connectivity index (χ0n) is 28.4. The van der Waals surface area contributed by atoms with Crippen molar-refractivity contribution in [3.8, 4) is 11.5 Å². The Hall–Kier alpha value is -4.32. The molecular weight excluding hydrogens is 588 g/mol. The molecule has 3 aromatic rings. The molecule has 2 atom stereocenters. The molecule has 1 aliphatic rings. The van der Waals surface area contributed by atoms with Crippen LogP contribution in [0.5, 0.6) is 11.5 Å². The second-order valence-corrected chi connectivity index (χ2v) is 12.2. The number of allylic oxidation sites excluding steroid dienone is 2. The van der Waals surface area contributed by atoms with Crippen LogP contribution in [0.2, 0.25) is 0 Å². The van der Waals surface area contributed by atoms with Gasteiger partial charge in [-0.25, -0.2) is 9.59 Å². The number of carbonyl (C=O) groups excluding carboxylic acids is 2. The molecule has 0 N–H and O–H groups in total. The van der Waals surface area contributed by atoms with E-state index in [-0.39, 0.29) is 29.6 Å². The van der Waals surface area contributed by atoms with Crippen molar-refractivity contribution in [2.45, 2.75) is 96.7 Å². The van der Waals surface area contributed by atoms with Crippen molar-refractivity contribution in [3.63, 3.8) is 0 Å². The molecule has 0 spiro atoms.